The predicted octanol–water partition coefficient (Wildman–Crippen LogP) is 3.24. The molecule has 1 heterocycles. The van der Waals surface area contributed by atoms with E-state index in [1.807, 2.05) is 12.1 Å². The van der Waals surface area contributed by atoms with E-state index in [0.717, 1.165) is 5.56 Å². The lowest BCUT2D eigenvalue weighted by molar-refractivity contribution is 0.306. The van der Waals surface area contributed by atoms with Crippen LogP contribution >= 0.6 is 0 Å². The zero-order chi connectivity index (χ0) is 14.7. The summed E-state index contributed by atoms with van der Waals surface area (Å²) in [7, 11) is 0. The van der Waals surface area contributed by atoms with Crippen LogP contribution in [-0.2, 0) is 6.61 Å². The van der Waals surface area contributed by atoms with Crippen LogP contribution in [0.1, 0.15) is 11.1 Å². The second-order valence-electron chi connectivity index (χ2n) is 4.54. The number of fused-ring (bicyclic) bond motifs is 1. The van der Waals surface area contributed by atoms with Gasteiger partial charge in [0.2, 0.25) is 0 Å². The molecule has 4 nitrogen and oxygen atoms in total. The van der Waals surface area contributed by atoms with Crippen LogP contribution in [0.2, 0.25) is 0 Å². The molecule has 0 atom stereocenters. The topological polar surface area (TPSA) is 63.2 Å². The molecule has 0 aliphatic carbocycles. The lowest BCUT2D eigenvalue weighted by atomic mass is 10.1. The van der Waals surface area contributed by atoms with Gasteiger partial charge >= 0.3 is 0 Å². The maximum Gasteiger partial charge on any atom is 0.192 e. The number of hydrogen-bond acceptors (Lipinski definition) is 4. The molecular weight excluding hydrogens is 266 g/mol. The lowest BCUT2D eigenvalue weighted by Gasteiger charge is -2.07. The molecule has 0 radical (unpaired) electrons. The number of hydrogen-bond donors (Lipinski definition) is 0. The number of benzene rings is 2. The summed E-state index contributed by atoms with van der Waals surface area (Å²) in [5.74, 6) is 0.586. The van der Waals surface area contributed by atoms with Gasteiger partial charge in [0.25, 0.3) is 0 Å². The highest BCUT2D eigenvalue weighted by Gasteiger charge is 2.03. The molecule has 0 fully saturated rings. The Morgan fingerprint density at radius 3 is 2.90 bits per heavy atom. The van der Waals surface area contributed by atoms with Gasteiger partial charge in [-0.1, -0.05) is 12.1 Å². The third-order valence-electron chi connectivity index (χ3n) is 3.09. The molecule has 0 N–H and O–H groups in total. The molecule has 21 heavy (non-hydrogen) atoms. The monoisotopic (exact) mass is 277 g/mol. The molecule has 3 rings (SSSR count). The fraction of sp³-hybridized carbons (Fsp3) is 0.0588. The number of ether oxygens (including phenoxy) is 1. The molecule has 4 heteroatoms. The van der Waals surface area contributed by atoms with Crippen molar-refractivity contribution in [1.82, 2.24) is 0 Å². The van der Waals surface area contributed by atoms with E-state index in [9.17, 15) is 4.79 Å². The van der Waals surface area contributed by atoms with E-state index >= 15 is 0 Å². The minimum atomic E-state index is -0.104. The SMILES string of the molecule is N#Cc1cccc(COc2ccc3occc(=O)c3c2)c1. The Balaban J connectivity index is 1.83. The van der Waals surface area contributed by atoms with Crippen LogP contribution in [0, 0.1) is 11.3 Å². The average molecular weight is 277 g/mol. The molecule has 0 aliphatic rings. The van der Waals surface area contributed by atoms with E-state index in [2.05, 4.69) is 6.07 Å². The van der Waals surface area contributed by atoms with E-state index in [0.29, 0.717) is 28.9 Å². The number of nitrogens with zero attached hydrogens (tertiary/aromatic N) is 1. The quantitative estimate of drug-likeness (QED) is 0.737. The maximum atomic E-state index is 11.7. The van der Waals surface area contributed by atoms with E-state index in [-0.39, 0.29) is 5.43 Å². The Labute approximate surface area is 120 Å². The Bertz CT molecular complexity index is 890. The van der Waals surface area contributed by atoms with Gasteiger partial charge in [-0.15, -0.1) is 0 Å². The number of rotatable bonds is 3. The van der Waals surface area contributed by atoms with Gasteiger partial charge in [-0.2, -0.15) is 5.26 Å². The Kier molecular flexibility index (Phi) is 3.40. The summed E-state index contributed by atoms with van der Waals surface area (Å²) in [5.41, 5.74) is 1.92. The first-order valence-corrected chi connectivity index (χ1v) is 6.40. The second kappa shape index (κ2) is 5.51. The third-order valence-corrected chi connectivity index (χ3v) is 3.09. The summed E-state index contributed by atoms with van der Waals surface area (Å²) >= 11 is 0. The molecule has 0 saturated heterocycles. The largest absolute Gasteiger partial charge is 0.489 e. The predicted molar refractivity (Wildman–Crippen MR) is 78.0 cm³/mol. The van der Waals surface area contributed by atoms with Gasteiger partial charge in [0, 0.05) is 6.07 Å². The van der Waals surface area contributed by atoms with Crippen molar-refractivity contribution in [3.63, 3.8) is 0 Å². The summed E-state index contributed by atoms with van der Waals surface area (Å²) < 4.78 is 10.9. The summed E-state index contributed by atoms with van der Waals surface area (Å²) in [6.45, 7) is 0.333. The van der Waals surface area contributed by atoms with E-state index in [1.54, 1.807) is 30.3 Å². The first-order chi connectivity index (χ1) is 10.3. The average Bonchev–Trinajstić information content (AvgIpc) is 2.54. The van der Waals surface area contributed by atoms with Crippen molar-refractivity contribution in [2.24, 2.45) is 0 Å². The van der Waals surface area contributed by atoms with Crippen LogP contribution in [0.4, 0.5) is 0 Å². The van der Waals surface area contributed by atoms with Gasteiger partial charge in [0.1, 0.15) is 17.9 Å². The zero-order valence-electron chi connectivity index (χ0n) is 11.1. The summed E-state index contributed by atoms with van der Waals surface area (Å²) in [6.07, 6.45) is 1.37. The molecule has 0 amide bonds. The Hall–Kier alpha value is -3.06. The Morgan fingerprint density at radius 1 is 1.14 bits per heavy atom. The molecule has 0 unspecified atom stereocenters. The van der Waals surface area contributed by atoms with Gasteiger partial charge in [-0.3, -0.25) is 4.79 Å². The molecule has 102 valence electrons. The smallest absolute Gasteiger partial charge is 0.192 e. The maximum absolute atomic E-state index is 11.7. The highest BCUT2D eigenvalue weighted by Crippen LogP contribution is 2.19. The van der Waals surface area contributed by atoms with Crippen LogP contribution in [0.15, 0.2) is 64.0 Å². The van der Waals surface area contributed by atoms with Crippen molar-refractivity contribution in [3.05, 3.63) is 76.1 Å². The van der Waals surface area contributed by atoms with Crippen LogP contribution in [0.3, 0.4) is 0 Å². The molecular formula is C17H11NO3. The van der Waals surface area contributed by atoms with Gasteiger partial charge in [-0.05, 0) is 35.9 Å². The normalized spacial score (nSPS) is 10.2. The lowest BCUT2D eigenvalue weighted by Crippen LogP contribution is -2.00. The van der Waals surface area contributed by atoms with Crippen molar-refractivity contribution in [2.45, 2.75) is 6.61 Å². The fourth-order valence-electron chi connectivity index (χ4n) is 2.05. The first kappa shape index (κ1) is 12.9. The Morgan fingerprint density at radius 2 is 2.05 bits per heavy atom. The molecule has 2 aromatic carbocycles. The van der Waals surface area contributed by atoms with Crippen LogP contribution in [0.25, 0.3) is 11.0 Å². The van der Waals surface area contributed by atoms with Crippen LogP contribution in [-0.4, -0.2) is 0 Å². The van der Waals surface area contributed by atoms with E-state index < -0.39 is 0 Å². The van der Waals surface area contributed by atoms with Gasteiger partial charge in [0.05, 0.1) is 23.3 Å². The highest BCUT2D eigenvalue weighted by atomic mass is 16.5. The van der Waals surface area contributed by atoms with E-state index in [1.165, 1.54) is 12.3 Å². The molecule has 0 spiro atoms. The van der Waals surface area contributed by atoms with Crippen molar-refractivity contribution in [1.29, 1.82) is 5.26 Å². The minimum absolute atomic E-state index is 0.104. The number of nitriles is 1. The fourth-order valence-corrected chi connectivity index (χ4v) is 2.05. The van der Waals surface area contributed by atoms with E-state index in [4.69, 9.17) is 14.4 Å². The standard InChI is InChI=1S/C17H11NO3/c18-10-12-2-1-3-13(8-12)11-21-14-4-5-17-15(9-14)16(19)6-7-20-17/h1-9H,11H2. The minimum Gasteiger partial charge on any atom is -0.489 e. The molecule has 3 aromatic rings. The van der Waals surface area contributed by atoms with Crippen molar-refractivity contribution >= 4 is 11.0 Å². The van der Waals surface area contributed by atoms with Gasteiger partial charge in [-0.25, -0.2) is 0 Å². The summed E-state index contributed by atoms with van der Waals surface area (Å²) in [4.78, 5) is 11.7. The van der Waals surface area contributed by atoms with Crippen molar-refractivity contribution < 1.29 is 9.15 Å². The highest BCUT2D eigenvalue weighted by molar-refractivity contribution is 5.77. The summed E-state index contributed by atoms with van der Waals surface area (Å²) in [5, 5.41) is 9.35. The first-order valence-electron chi connectivity index (χ1n) is 6.40. The second-order valence-corrected chi connectivity index (χ2v) is 4.54. The van der Waals surface area contributed by atoms with Crippen molar-refractivity contribution in [3.8, 4) is 11.8 Å². The van der Waals surface area contributed by atoms with Gasteiger partial charge in [0.15, 0.2) is 5.43 Å². The zero-order valence-corrected chi connectivity index (χ0v) is 11.1. The van der Waals surface area contributed by atoms with Crippen molar-refractivity contribution in [2.75, 3.05) is 0 Å². The molecule has 1 aromatic heterocycles. The molecule has 0 saturated carbocycles. The van der Waals surface area contributed by atoms with Crippen LogP contribution in [0.5, 0.6) is 5.75 Å². The molecule has 0 aliphatic heterocycles. The van der Waals surface area contributed by atoms with Crippen LogP contribution < -0.4 is 10.2 Å². The third kappa shape index (κ3) is 2.77. The van der Waals surface area contributed by atoms with Gasteiger partial charge < -0.3 is 9.15 Å². The molecule has 0 bridgehead atoms. The summed E-state index contributed by atoms with van der Waals surface area (Å²) in [6, 6.07) is 15.8.